The van der Waals surface area contributed by atoms with Crippen LogP contribution in [0.2, 0.25) is 0 Å². The van der Waals surface area contributed by atoms with E-state index in [1.54, 1.807) is 12.1 Å². The highest BCUT2D eigenvalue weighted by Gasteiger charge is 2.36. The van der Waals surface area contributed by atoms with Gasteiger partial charge in [0.2, 0.25) is 0 Å². The van der Waals surface area contributed by atoms with Gasteiger partial charge in [0.15, 0.2) is 23.3 Å². The third-order valence-electron chi connectivity index (χ3n) is 8.63. The molecule has 0 aromatic heterocycles. The minimum Gasteiger partial charge on any atom is -0.365 e. The number of benzene rings is 2. The summed E-state index contributed by atoms with van der Waals surface area (Å²) in [5, 5.41) is 0. The van der Waals surface area contributed by atoms with Crippen LogP contribution in [-0.2, 0) is 4.74 Å². The smallest absolute Gasteiger partial charge is 0.159 e. The molecule has 0 N–H and O–H groups in total. The van der Waals surface area contributed by atoms with Crippen LogP contribution in [0.15, 0.2) is 36.4 Å². The van der Waals surface area contributed by atoms with E-state index in [-0.39, 0.29) is 11.8 Å². The SMILES string of the molecule is CCC1CCC(C(OC(c2ccc(F)c(F)c2)C2CCC(CC)CC2)c2ccc(F)c(F)c2)CC1. The molecule has 0 saturated heterocycles. The van der Waals surface area contributed by atoms with Gasteiger partial charge in [-0.1, -0.05) is 64.5 Å². The number of hydrogen-bond donors (Lipinski definition) is 0. The lowest BCUT2D eigenvalue weighted by molar-refractivity contribution is -0.0908. The van der Waals surface area contributed by atoms with Crippen molar-refractivity contribution in [2.75, 3.05) is 0 Å². The van der Waals surface area contributed by atoms with E-state index < -0.39 is 35.5 Å². The van der Waals surface area contributed by atoms with Gasteiger partial charge in [0.25, 0.3) is 0 Å². The first-order chi connectivity index (χ1) is 16.9. The lowest BCUT2D eigenvalue weighted by atomic mass is 9.75. The zero-order valence-electron chi connectivity index (χ0n) is 20.9. The molecule has 2 aliphatic rings. The standard InChI is InChI=1S/C30H38F4O/c1-3-19-5-9-21(10-6-19)29(23-13-15-25(31)27(33)17-23)35-30(22-11-7-20(4-2)8-12-22)24-14-16-26(32)28(34)18-24/h13-22,29-30H,3-12H2,1-2H3. The third kappa shape index (κ3) is 6.28. The van der Waals surface area contributed by atoms with Crippen molar-refractivity contribution in [3.8, 4) is 0 Å². The van der Waals surface area contributed by atoms with Crippen molar-refractivity contribution in [1.29, 1.82) is 0 Å². The van der Waals surface area contributed by atoms with Crippen molar-refractivity contribution < 1.29 is 22.3 Å². The van der Waals surface area contributed by atoms with Gasteiger partial charge in [0.05, 0.1) is 12.2 Å². The lowest BCUT2D eigenvalue weighted by Gasteiger charge is -2.40. The van der Waals surface area contributed by atoms with Crippen LogP contribution in [0.3, 0.4) is 0 Å². The fourth-order valence-electron chi connectivity index (χ4n) is 6.26. The maximum atomic E-state index is 14.3. The Hall–Kier alpha value is -1.88. The monoisotopic (exact) mass is 490 g/mol. The van der Waals surface area contributed by atoms with Crippen LogP contribution >= 0.6 is 0 Å². The van der Waals surface area contributed by atoms with Crippen LogP contribution in [0.5, 0.6) is 0 Å². The highest BCUT2D eigenvalue weighted by atomic mass is 19.2. The van der Waals surface area contributed by atoms with Crippen molar-refractivity contribution in [3.63, 3.8) is 0 Å². The Labute approximate surface area is 207 Å². The summed E-state index contributed by atoms with van der Waals surface area (Å²) < 4.78 is 63.0. The Kier molecular flexibility index (Phi) is 8.91. The molecule has 2 unspecified atom stereocenters. The molecule has 35 heavy (non-hydrogen) atoms. The number of hydrogen-bond acceptors (Lipinski definition) is 1. The van der Waals surface area contributed by atoms with E-state index in [0.717, 1.165) is 76.3 Å². The van der Waals surface area contributed by atoms with Crippen molar-refractivity contribution in [3.05, 3.63) is 70.8 Å². The van der Waals surface area contributed by atoms with E-state index in [1.165, 1.54) is 12.1 Å². The van der Waals surface area contributed by atoms with E-state index in [2.05, 4.69) is 13.8 Å². The Morgan fingerprint density at radius 2 is 0.971 bits per heavy atom. The molecule has 2 aliphatic carbocycles. The third-order valence-corrected chi connectivity index (χ3v) is 8.63. The second-order valence-corrected chi connectivity index (χ2v) is 10.7. The molecule has 0 amide bonds. The molecule has 2 fully saturated rings. The molecule has 2 atom stereocenters. The average Bonchev–Trinajstić information content (AvgIpc) is 2.88. The van der Waals surface area contributed by atoms with E-state index in [9.17, 15) is 17.6 Å². The molecule has 2 saturated carbocycles. The first kappa shape index (κ1) is 26.2. The first-order valence-electron chi connectivity index (χ1n) is 13.4. The van der Waals surface area contributed by atoms with E-state index in [1.807, 2.05) is 0 Å². The summed E-state index contributed by atoms with van der Waals surface area (Å²) >= 11 is 0. The maximum absolute atomic E-state index is 14.3. The van der Waals surface area contributed by atoms with Crippen LogP contribution in [-0.4, -0.2) is 0 Å². The normalized spacial score (nSPS) is 26.9. The second kappa shape index (κ2) is 11.9. The minimum atomic E-state index is -0.883. The molecule has 1 nitrogen and oxygen atoms in total. The number of ether oxygens (including phenoxy) is 1. The van der Waals surface area contributed by atoms with Gasteiger partial charge in [-0.05, 0) is 84.7 Å². The van der Waals surface area contributed by atoms with Gasteiger partial charge in [-0.3, -0.25) is 0 Å². The molecule has 0 radical (unpaired) electrons. The van der Waals surface area contributed by atoms with Gasteiger partial charge in [-0.25, -0.2) is 17.6 Å². The Bertz CT molecular complexity index is 883. The Morgan fingerprint density at radius 1 is 0.600 bits per heavy atom. The van der Waals surface area contributed by atoms with Crippen LogP contribution < -0.4 is 0 Å². The molecule has 0 bridgehead atoms. The summed E-state index contributed by atoms with van der Waals surface area (Å²) in [7, 11) is 0. The van der Waals surface area contributed by atoms with Gasteiger partial charge >= 0.3 is 0 Å². The highest BCUT2D eigenvalue weighted by Crippen LogP contribution is 2.47. The Morgan fingerprint density at radius 3 is 1.29 bits per heavy atom. The molecule has 2 aromatic carbocycles. The van der Waals surface area contributed by atoms with Gasteiger partial charge in [0.1, 0.15) is 0 Å². The minimum absolute atomic E-state index is 0.169. The van der Waals surface area contributed by atoms with Gasteiger partial charge in [-0.15, -0.1) is 0 Å². The molecule has 0 aliphatic heterocycles. The van der Waals surface area contributed by atoms with Crippen molar-refractivity contribution in [2.24, 2.45) is 23.7 Å². The van der Waals surface area contributed by atoms with Crippen LogP contribution in [0.25, 0.3) is 0 Å². The van der Waals surface area contributed by atoms with Gasteiger partial charge in [0, 0.05) is 0 Å². The van der Waals surface area contributed by atoms with E-state index in [4.69, 9.17) is 4.74 Å². The summed E-state index contributed by atoms with van der Waals surface area (Å²) in [5.41, 5.74) is 1.25. The molecule has 4 rings (SSSR count). The Balaban J connectivity index is 1.67. The number of rotatable bonds is 8. The molecule has 0 spiro atoms. The summed E-state index contributed by atoms with van der Waals surface area (Å²) in [4.78, 5) is 0. The fraction of sp³-hybridized carbons (Fsp3) is 0.600. The topological polar surface area (TPSA) is 9.23 Å². The second-order valence-electron chi connectivity index (χ2n) is 10.7. The fourth-order valence-corrected chi connectivity index (χ4v) is 6.26. The predicted octanol–water partition coefficient (Wildman–Crippen LogP) is 9.47. The largest absolute Gasteiger partial charge is 0.365 e. The molecule has 5 heteroatoms. The molecular formula is C30H38F4O. The highest BCUT2D eigenvalue weighted by molar-refractivity contribution is 5.24. The molecular weight excluding hydrogens is 452 g/mol. The van der Waals surface area contributed by atoms with Gasteiger partial charge < -0.3 is 4.74 Å². The predicted molar refractivity (Wildman–Crippen MR) is 131 cm³/mol. The van der Waals surface area contributed by atoms with Gasteiger partial charge in [-0.2, -0.15) is 0 Å². The van der Waals surface area contributed by atoms with E-state index in [0.29, 0.717) is 23.0 Å². The van der Waals surface area contributed by atoms with E-state index >= 15 is 0 Å². The molecule has 2 aromatic rings. The van der Waals surface area contributed by atoms with Crippen molar-refractivity contribution in [1.82, 2.24) is 0 Å². The summed E-state index contributed by atoms with van der Waals surface area (Å²) in [6.07, 6.45) is 9.59. The van der Waals surface area contributed by atoms with Crippen molar-refractivity contribution >= 4 is 0 Å². The number of halogens is 4. The lowest BCUT2D eigenvalue weighted by Crippen LogP contribution is -2.28. The summed E-state index contributed by atoms with van der Waals surface area (Å²) in [6, 6.07) is 8.07. The van der Waals surface area contributed by atoms with Crippen LogP contribution in [0.1, 0.15) is 101 Å². The molecule has 0 heterocycles. The molecule has 192 valence electrons. The average molecular weight is 491 g/mol. The zero-order valence-corrected chi connectivity index (χ0v) is 20.9. The van der Waals surface area contributed by atoms with Crippen LogP contribution in [0, 0.1) is 46.9 Å². The quantitative estimate of drug-likeness (QED) is 0.335. The van der Waals surface area contributed by atoms with Crippen molar-refractivity contribution in [2.45, 2.75) is 90.3 Å². The zero-order chi connectivity index (χ0) is 24.9. The summed E-state index contributed by atoms with van der Waals surface area (Å²) in [5.74, 6) is -1.82. The first-order valence-corrected chi connectivity index (χ1v) is 13.4. The maximum Gasteiger partial charge on any atom is 0.159 e. The van der Waals surface area contributed by atoms with Crippen LogP contribution in [0.4, 0.5) is 17.6 Å². The summed E-state index contributed by atoms with van der Waals surface area (Å²) in [6.45, 7) is 4.42.